The Morgan fingerprint density at radius 2 is 2.25 bits per heavy atom. The molecule has 3 rings (SSSR count). The van der Waals surface area contributed by atoms with E-state index in [9.17, 15) is 0 Å². The van der Waals surface area contributed by atoms with Crippen LogP contribution < -0.4 is 10.6 Å². The van der Waals surface area contributed by atoms with Gasteiger partial charge in [0.2, 0.25) is 0 Å². The van der Waals surface area contributed by atoms with Gasteiger partial charge in [0.05, 0.1) is 6.20 Å². The molecule has 0 spiro atoms. The van der Waals surface area contributed by atoms with E-state index in [1.807, 2.05) is 17.9 Å². The van der Waals surface area contributed by atoms with Crippen LogP contribution in [0.4, 0.5) is 0 Å². The Balaban J connectivity index is 1.46. The van der Waals surface area contributed by atoms with Crippen molar-refractivity contribution in [3.05, 3.63) is 18.0 Å². The Hall–Kier alpha value is -0.870. The Morgan fingerprint density at radius 1 is 1.30 bits per heavy atom. The second-order valence-corrected chi connectivity index (χ2v) is 6.48. The van der Waals surface area contributed by atoms with E-state index in [-0.39, 0.29) is 0 Å². The zero-order valence-electron chi connectivity index (χ0n) is 12.6. The lowest BCUT2D eigenvalue weighted by Crippen LogP contribution is -2.47. The maximum atomic E-state index is 4.23. The number of aromatic nitrogens is 2. The molecule has 112 valence electrons. The third kappa shape index (κ3) is 3.41. The van der Waals surface area contributed by atoms with E-state index >= 15 is 0 Å². The van der Waals surface area contributed by atoms with E-state index in [2.05, 4.69) is 21.9 Å². The second-order valence-electron chi connectivity index (χ2n) is 6.48. The first-order valence-corrected chi connectivity index (χ1v) is 8.27. The Bertz CT molecular complexity index is 408. The molecule has 1 aromatic rings. The lowest BCUT2D eigenvalue weighted by molar-refractivity contribution is 0.258. The predicted molar refractivity (Wildman–Crippen MR) is 81.7 cm³/mol. The zero-order chi connectivity index (χ0) is 13.8. The number of rotatable bonds is 5. The minimum atomic E-state index is 0.724. The van der Waals surface area contributed by atoms with Gasteiger partial charge in [-0.3, -0.25) is 4.68 Å². The van der Waals surface area contributed by atoms with Crippen molar-refractivity contribution in [3.8, 4) is 0 Å². The van der Waals surface area contributed by atoms with E-state index in [0.717, 1.165) is 31.0 Å². The molecule has 0 amide bonds. The highest BCUT2D eigenvalue weighted by atomic mass is 15.2. The minimum Gasteiger partial charge on any atom is -0.314 e. The van der Waals surface area contributed by atoms with Gasteiger partial charge in [-0.05, 0) is 56.7 Å². The summed E-state index contributed by atoms with van der Waals surface area (Å²) in [6, 6.07) is 1.49. The van der Waals surface area contributed by atoms with Crippen molar-refractivity contribution in [1.29, 1.82) is 0 Å². The van der Waals surface area contributed by atoms with Crippen molar-refractivity contribution in [3.63, 3.8) is 0 Å². The molecule has 1 aromatic heterocycles. The molecule has 0 aromatic carbocycles. The molecule has 1 saturated carbocycles. The summed E-state index contributed by atoms with van der Waals surface area (Å²) in [5, 5.41) is 11.8. The molecule has 2 heterocycles. The van der Waals surface area contributed by atoms with Crippen LogP contribution in [0.15, 0.2) is 12.4 Å². The van der Waals surface area contributed by atoms with Gasteiger partial charge in [-0.1, -0.05) is 12.8 Å². The van der Waals surface area contributed by atoms with Crippen molar-refractivity contribution >= 4 is 0 Å². The summed E-state index contributed by atoms with van der Waals surface area (Å²) in [6.07, 6.45) is 13.5. The van der Waals surface area contributed by atoms with Gasteiger partial charge in [-0.15, -0.1) is 0 Å². The molecule has 2 fully saturated rings. The van der Waals surface area contributed by atoms with Gasteiger partial charge in [0.1, 0.15) is 0 Å². The van der Waals surface area contributed by atoms with Gasteiger partial charge in [-0.25, -0.2) is 0 Å². The lowest BCUT2D eigenvalue weighted by Gasteiger charge is -2.33. The fraction of sp³-hybridized carbons (Fsp3) is 0.812. The standard InChI is InChI=1S/C16H28N4/c1-20-12-13(11-19-20)8-10-18-16-7-4-5-14(16)15-6-2-3-9-17-15/h11-12,14-18H,2-10H2,1H3. The first-order valence-electron chi connectivity index (χ1n) is 8.27. The summed E-state index contributed by atoms with van der Waals surface area (Å²) in [6.45, 7) is 2.31. The summed E-state index contributed by atoms with van der Waals surface area (Å²) in [7, 11) is 1.98. The van der Waals surface area contributed by atoms with Crippen molar-refractivity contribution < 1.29 is 0 Å². The smallest absolute Gasteiger partial charge is 0.0522 e. The second kappa shape index (κ2) is 6.72. The number of hydrogen-bond donors (Lipinski definition) is 2. The Labute approximate surface area is 122 Å². The maximum Gasteiger partial charge on any atom is 0.0522 e. The van der Waals surface area contributed by atoms with Gasteiger partial charge >= 0.3 is 0 Å². The molecule has 3 unspecified atom stereocenters. The van der Waals surface area contributed by atoms with Crippen molar-refractivity contribution in [1.82, 2.24) is 20.4 Å². The number of aryl methyl sites for hydroxylation is 1. The highest BCUT2D eigenvalue weighted by Crippen LogP contribution is 2.31. The molecule has 4 nitrogen and oxygen atoms in total. The van der Waals surface area contributed by atoms with Crippen LogP contribution in [0.25, 0.3) is 0 Å². The summed E-state index contributed by atoms with van der Waals surface area (Å²) in [5.41, 5.74) is 1.34. The molecule has 2 N–H and O–H groups in total. The average molecular weight is 276 g/mol. The highest BCUT2D eigenvalue weighted by molar-refractivity contribution is 5.04. The SMILES string of the molecule is Cn1cc(CCNC2CCCC2C2CCCCN2)cn1. The number of hydrogen-bond acceptors (Lipinski definition) is 3. The van der Waals surface area contributed by atoms with Crippen LogP contribution in [0.5, 0.6) is 0 Å². The monoisotopic (exact) mass is 276 g/mol. The summed E-state index contributed by atoms with van der Waals surface area (Å²) in [4.78, 5) is 0. The van der Waals surface area contributed by atoms with Crippen molar-refractivity contribution in [2.24, 2.45) is 13.0 Å². The van der Waals surface area contributed by atoms with Gasteiger partial charge < -0.3 is 10.6 Å². The van der Waals surface area contributed by atoms with Crippen LogP contribution in [0.1, 0.15) is 44.1 Å². The normalized spacial score (nSPS) is 30.8. The van der Waals surface area contributed by atoms with Gasteiger partial charge in [0, 0.05) is 25.3 Å². The van der Waals surface area contributed by atoms with E-state index in [1.54, 1.807) is 0 Å². The van der Waals surface area contributed by atoms with Gasteiger partial charge in [-0.2, -0.15) is 5.10 Å². The fourth-order valence-electron chi connectivity index (χ4n) is 3.97. The molecule has 4 heteroatoms. The predicted octanol–water partition coefficient (Wildman–Crippen LogP) is 1.86. The molecule has 1 aliphatic heterocycles. The molecule has 1 saturated heterocycles. The first-order chi connectivity index (χ1) is 9.83. The van der Waals surface area contributed by atoms with E-state index in [4.69, 9.17) is 0 Å². The molecule has 3 atom stereocenters. The Kier molecular flexibility index (Phi) is 4.73. The molecule has 2 aliphatic rings. The minimum absolute atomic E-state index is 0.724. The van der Waals surface area contributed by atoms with Gasteiger partial charge in [0.25, 0.3) is 0 Å². The topological polar surface area (TPSA) is 41.9 Å². The third-order valence-electron chi connectivity index (χ3n) is 5.01. The summed E-state index contributed by atoms with van der Waals surface area (Å²) >= 11 is 0. The summed E-state index contributed by atoms with van der Waals surface area (Å²) < 4.78 is 1.89. The molecular weight excluding hydrogens is 248 g/mol. The van der Waals surface area contributed by atoms with Crippen LogP contribution in [0.2, 0.25) is 0 Å². The van der Waals surface area contributed by atoms with Crippen LogP contribution in [-0.2, 0) is 13.5 Å². The van der Waals surface area contributed by atoms with E-state index in [1.165, 1.54) is 50.6 Å². The zero-order valence-corrected chi connectivity index (χ0v) is 12.6. The van der Waals surface area contributed by atoms with Crippen molar-refractivity contribution in [2.45, 2.75) is 57.0 Å². The van der Waals surface area contributed by atoms with Crippen LogP contribution >= 0.6 is 0 Å². The fourth-order valence-corrected chi connectivity index (χ4v) is 3.97. The lowest BCUT2D eigenvalue weighted by atomic mass is 9.88. The van der Waals surface area contributed by atoms with Crippen LogP contribution in [-0.4, -0.2) is 35.0 Å². The Morgan fingerprint density at radius 3 is 3.00 bits per heavy atom. The first kappa shape index (κ1) is 14.1. The number of nitrogens with zero attached hydrogens (tertiary/aromatic N) is 2. The molecule has 20 heavy (non-hydrogen) atoms. The number of piperidine rings is 1. The molecule has 1 aliphatic carbocycles. The largest absolute Gasteiger partial charge is 0.314 e. The summed E-state index contributed by atoms with van der Waals surface area (Å²) in [5.74, 6) is 0.851. The molecular formula is C16H28N4. The quantitative estimate of drug-likeness (QED) is 0.862. The average Bonchev–Trinajstić information content (AvgIpc) is 3.09. The van der Waals surface area contributed by atoms with Crippen molar-refractivity contribution in [2.75, 3.05) is 13.1 Å². The number of nitrogens with one attached hydrogen (secondary N) is 2. The van der Waals surface area contributed by atoms with E-state index in [0.29, 0.717) is 0 Å². The van der Waals surface area contributed by atoms with Crippen LogP contribution in [0, 0.1) is 5.92 Å². The molecule has 0 bridgehead atoms. The van der Waals surface area contributed by atoms with E-state index < -0.39 is 0 Å². The van der Waals surface area contributed by atoms with Crippen LogP contribution in [0.3, 0.4) is 0 Å². The van der Waals surface area contributed by atoms with Gasteiger partial charge in [0.15, 0.2) is 0 Å². The highest BCUT2D eigenvalue weighted by Gasteiger charge is 2.33. The third-order valence-corrected chi connectivity index (χ3v) is 5.01. The maximum absolute atomic E-state index is 4.23. The molecule has 0 radical (unpaired) electrons.